The van der Waals surface area contributed by atoms with Crippen molar-refractivity contribution in [3.05, 3.63) is 36.3 Å². The predicted octanol–water partition coefficient (Wildman–Crippen LogP) is 2.42. The molecule has 6 nitrogen and oxygen atoms in total. The third-order valence-electron chi connectivity index (χ3n) is 5.26. The summed E-state index contributed by atoms with van der Waals surface area (Å²) in [4.78, 5) is 20.9. The molecule has 1 aromatic carbocycles. The zero-order valence-electron chi connectivity index (χ0n) is 15.3. The average molecular weight is 356 g/mol. The van der Waals surface area contributed by atoms with Gasteiger partial charge in [-0.3, -0.25) is 4.79 Å². The monoisotopic (exact) mass is 356 g/mol. The molecular weight excluding hydrogens is 328 g/mol. The molecule has 1 fully saturated rings. The molecule has 1 aliphatic rings. The highest BCUT2D eigenvalue weighted by atomic mass is 16.3. The van der Waals surface area contributed by atoms with Gasteiger partial charge < -0.3 is 15.7 Å². The van der Waals surface area contributed by atoms with Crippen LogP contribution in [0.5, 0.6) is 0 Å². The van der Waals surface area contributed by atoms with Gasteiger partial charge in [0.05, 0.1) is 18.2 Å². The van der Waals surface area contributed by atoms with Crippen LogP contribution >= 0.6 is 0 Å². The van der Waals surface area contributed by atoms with Crippen molar-refractivity contribution in [3.63, 3.8) is 0 Å². The molecule has 1 saturated carbocycles. The lowest BCUT2D eigenvalue weighted by atomic mass is 9.93. The second kappa shape index (κ2) is 9.05. The second-order valence-electron chi connectivity index (χ2n) is 7.08. The number of amides is 1. The van der Waals surface area contributed by atoms with E-state index in [1.54, 1.807) is 18.3 Å². The number of carbonyl (C=O) groups excluding carboxylic acids is 1. The molecule has 1 aromatic heterocycles. The molecule has 3 N–H and O–H groups in total. The molecule has 26 heavy (non-hydrogen) atoms. The first kappa shape index (κ1) is 18.7. The molecule has 0 aliphatic heterocycles. The number of rotatable bonds is 7. The van der Waals surface area contributed by atoms with Crippen LogP contribution in [-0.2, 0) is 0 Å². The molecule has 2 aromatic rings. The second-order valence-corrected chi connectivity index (χ2v) is 7.08. The summed E-state index contributed by atoms with van der Waals surface area (Å²) in [6.45, 7) is 2.00. The average Bonchev–Trinajstić information content (AvgIpc) is 2.70. The lowest BCUT2D eigenvalue weighted by molar-refractivity contribution is 0.0892. The van der Waals surface area contributed by atoms with Crippen molar-refractivity contribution in [2.45, 2.75) is 63.6 Å². The van der Waals surface area contributed by atoms with Gasteiger partial charge in [-0.25, -0.2) is 9.97 Å². The first-order valence-electron chi connectivity index (χ1n) is 9.58. The van der Waals surface area contributed by atoms with E-state index in [9.17, 15) is 9.90 Å². The van der Waals surface area contributed by atoms with E-state index >= 15 is 0 Å². The molecule has 3 rings (SSSR count). The van der Waals surface area contributed by atoms with Gasteiger partial charge in [0.1, 0.15) is 6.33 Å². The topological polar surface area (TPSA) is 87.1 Å². The van der Waals surface area contributed by atoms with E-state index in [0.29, 0.717) is 11.6 Å². The number of fused-ring (bicyclic) bond motifs is 1. The molecule has 0 radical (unpaired) electrons. The van der Waals surface area contributed by atoms with Crippen molar-refractivity contribution in [3.8, 4) is 0 Å². The molecule has 140 valence electrons. The lowest BCUT2D eigenvalue weighted by Gasteiger charge is -2.32. The lowest BCUT2D eigenvalue weighted by Crippen LogP contribution is -2.54. The van der Waals surface area contributed by atoms with Crippen molar-refractivity contribution in [1.29, 1.82) is 0 Å². The molecule has 1 heterocycles. The summed E-state index contributed by atoms with van der Waals surface area (Å²) >= 11 is 0. The number of aliphatic hydroxyl groups is 1. The molecule has 1 amide bonds. The Kier molecular flexibility index (Phi) is 6.52. The van der Waals surface area contributed by atoms with Crippen LogP contribution in [0.3, 0.4) is 0 Å². The van der Waals surface area contributed by atoms with E-state index < -0.39 is 0 Å². The van der Waals surface area contributed by atoms with Crippen molar-refractivity contribution in [1.82, 2.24) is 20.6 Å². The smallest absolute Gasteiger partial charge is 0.251 e. The number of hydrogen-bond donors (Lipinski definition) is 3. The van der Waals surface area contributed by atoms with Gasteiger partial charge in [0.15, 0.2) is 0 Å². The zero-order valence-corrected chi connectivity index (χ0v) is 15.3. The quantitative estimate of drug-likeness (QED) is 0.709. The van der Waals surface area contributed by atoms with Crippen molar-refractivity contribution in [2.24, 2.45) is 0 Å². The summed E-state index contributed by atoms with van der Waals surface area (Å²) in [5.74, 6) is -0.187. The number of nitrogens with zero attached hydrogens (tertiary/aromatic N) is 2. The highest BCUT2D eigenvalue weighted by molar-refractivity contribution is 5.97. The summed E-state index contributed by atoms with van der Waals surface area (Å²) in [5.41, 5.74) is 1.28. The van der Waals surface area contributed by atoms with E-state index in [2.05, 4.69) is 27.5 Å². The number of nitrogens with one attached hydrogen (secondary N) is 2. The Morgan fingerprint density at radius 3 is 2.81 bits per heavy atom. The summed E-state index contributed by atoms with van der Waals surface area (Å²) in [7, 11) is 0. The number of hydrogen-bond acceptors (Lipinski definition) is 5. The molecule has 6 heteroatoms. The normalized spacial score (nSPS) is 17.8. The van der Waals surface area contributed by atoms with E-state index in [4.69, 9.17) is 0 Å². The van der Waals surface area contributed by atoms with Crippen molar-refractivity contribution >= 4 is 16.8 Å². The highest BCUT2D eigenvalue weighted by Gasteiger charge is 2.25. The van der Waals surface area contributed by atoms with Crippen LogP contribution < -0.4 is 10.6 Å². The molecule has 0 bridgehead atoms. The summed E-state index contributed by atoms with van der Waals surface area (Å²) in [6.07, 6.45) is 10.2. The minimum atomic E-state index is -0.310. The van der Waals surface area contributed by atoms with Gasteiger partial charge in [0, 0.05) is 29.2 Å². The fourth-order valence-electron chi connectivity index (χ4n) is 3.73. The molecular formula is C20H28N4O2. The third-order valence-corrected chi connectivity index (χ3v) is 5.26. The summed E-state index contributed by atoms with van der Waals surface area (Å²) < 4.78 is 0. The van der Waals surface area contributed by atoms with Crippen LogP contribution in [0.25, 0.3) is 10.9 Å². The zero-order chi connectivity index (χ0) is 18.4. The Balaban J connectivity index is 1.67. The Hall–Kier alpha value is -2.05. The largest absolute Gasteiger partial charge is 0.394 e. The molecule has 0 spiro atoms. The predicted molar refractivity (Wildman–Crippen MR) is 102 cm³/mol. The number of aromatic nitrogens is 2. The maximum Gasteiger partial charge on any atom is 0.251 e. The summed E-state index contributed by atoms with van der Waals surface area (Å²) in [6, 6.07) is 5.61. The van der Waals surface area contributed by atoms with Crippen LogP contribution in [0, 0.1) is 0 Å². The first-order chi connectivity index (χ1) is 12.7. The maximum absolute atomic E-state index is 12.7. The fraction of sp³-hybridized carbons (Fsp3) is 0.550. The van der Waals surface area contributed by atoms with Crippen LogP contribution in [0.1, 0.15) is 55.8 Å². The number of aliphatic hydroxyl groups excluding tert-OH is 1. The molecule has 2 atom stereocenters. The van der Waals surface area contributed by atoms with Crippen molar-refractivity contribution < 1.29 is 9.90 Å². The van der Waals surface area contributed by atoms with E-state index in [1.165, 1.54) is 38.4 Å². The van der Waals surface area contributed by atoms with Gasteiger partial charge in [0.2, 0.25) is 0 Å². The standard InChI is InChI=1S/C20H28N4O2/c1-2-17(23-16-6-4-3-5-7-16)19(12-25)24-20(26)14-8-9-15-11-21-13-22-18(15)10-14/h8-11,13,16-17,19,23,25H,2-7,12H2,1H3,(H,24,26)/t17?,19-/m1/s1. The Morgan fingerprint density at radius 1 is 1.27 bits per heavy atom. The van der Waals surface area contributed by atoms with E-state index in [0.717, 1.165) is 17.3 Å². The Labute approximate surface area is 154 Å². The van der Waals surface area contributed by atoms with Gasteiger partial charge in [-0.05, 0) is 31.4 Å². The molecule has 1 unspecified atom stereocenters. The third kappa shape index (κ3) is 4.56. The van der Waals surface area contributed by atoms with Crippen LogP contribution in [0.4, 0.5) is 0 Å². The Morgan fingerprint density at radius 2 is 2.08 bits per heavy atom. The van der Waals surface area contributed by atoms with Crippen molar-refractivity contribution in [2.75, 3.05) is 6.61 Å². The van der Waals surface area contributed by atoms with E-state index in [-0.39, 0.29) is 24.6 Å². The first-order valence-corrected chi connectivity index (χ1v) is 9.58. The van der Waals surface area contributed by atoms with Gasteiger partial charge in [-0.2, -0.15) is 0 Å². The van der Waals surface area contributed by atoms with Crippen LogP contribution in [-0.4, -0.2) is 45.7 Å². The minimum Gasteiger partial charge on any atom is -0.394 e. The fourth-order valence-corrected chi connectivity index (χ4v) is 3.73. The van der Waals surface area contributed by atoms with Crippen LogP contribution in [0.2, 0.25) is 0 Å². The Bertz CT molecular complexity index is 731. The van der Waals surface area contributed by atoms with Gasteiger partial charge in [-0.1, -0.05) is 32.3 Å². The molecule has 1 aliphatic carbocycles. The number of carbonyl (C=O) groups is 1. The maximum atomic E-state index is 12.7. The summed E-state index contributed by atoms with van der Waals surface area (Å²) in [5, 5.41) is 17.4. The highest BCUT2D eigenvalue weighted by Crippen LogP contribution is 2.19. The molecule has 0 saturated heterocycles. The van der Waals surface area contributed by atoms with Gasteiger partial charge in [-0.15, -0.1) is 0 Å². The number of benzene rings is 1. The minimum absolute atomic E-state index is 0.0647. The van der Waals surface area contributed by atoms with E-state index in [1.807, 2.05) is 6.07 Å². The van der Waals surface area contributed by atoms with Gasteiger partial charge >= 0.3 is 0 Å². The van der Waals surface area contributed by atoms with Crippen LogP contribution in [0.15, 0.2) is 30.7 Å². The van der Waals surface area contributed by atoms with Gasteiger partial charge in [0.25, 0.3) is 5.91 Å². The SMILES string of the molecule is CCC(NC1CCCCC1)[C@@H](CO)NC(=O)c1ccc2cncnc2c1.